The van der Waals surface area contributed by atoms with Gasteiger partial charge in [-0.25, -0.2) is 18.4 Å². The van der Waals surface area contributed by atoms with E-state index >= 15 is 0 Å². The third-order valence-electron chi connectivity index (χ3n) is 9.36. The van der Waals surface area contributed by atoms with E-state index in [0.29, 0.717) is 11.4 Å². The van der Waals surface area contributed by atoms with Gasteiger partial charge in [0.25, 0.3) is 11.8 Å². The number of nitriles is 1. The molecule has 1 unspecified atom stereocenters. The molecule has 6 rings (SSSR count). The van der Waals surface area contributed by atoms with Crippen molar-refractivity contribution in [2.24, 2.45) is 0 Å². The summed E-state index contributed by atoms with van der Waals surface area (Å²) in [7, 11) is -3.53. The van der Waals surface area contributed by atoms with Crippen LogP contribution in [-0.2, 0) is 36.4 Å². The van der Waals surface area contributed by atoms with Crippen LogP contribution < -0.4 is 24.8 Å². The number of aromatic nitrogens is 2. The lowest BCUT2D eigenvalue weighted by Gasteiger charge is -2.27. The van der Waals surface area contributed by atoms with Crippen LogP contribution in [0.3, 0.4) is 0 Å². The van der Waals surface area contributed by atoms with Crippen LogP contribution in [0.25, 0.3) is 0 Å². The predicted molar refractivity (Wildman–Crippen MR) is 206 cm³/mol. The number of nitrogens with zero attached hydrogens (tertiary/aromatic N) is 4. The highest BCUT2D eigenvalue weighted by molar-refractivity contribution is 7.92. The van der Waals surface area contributed by atoms with Crippen LogP contribution in [0.5, 0.6) is 11.5 Å². The molecule has 3 heterocycles. The lowest BCUT2D eigenvalue weighted by atomic mass is 9.77. The number of rotatable bonds is 14. The Labute approximate surface area is 332 Å². The fourth-order valence-electron chi connectivity index (χ4n) is 6.35. The van der Waals surface area contributed by atoms with Crippen molar-refractivity contribution >= 4 is 62.8 Å². The molecule has 294 valence electrons. The molecule has 3 aromatic carbocycles. The first-order valence-electron chi connectivity index (χ1n) is 17.6. The standard InChI is InChI=1S/C39H36ClN7O9S/c1-39(2,23-6-9-27(10-7-23)56-21-26-14-15-42-38(44-26)46-57(3,53)54)24-17-22(20-41)34(30(40)18-24)55-16-4-5-32(48)43-25-8-11-28-29(19-25)37(52)47(36(28)51)31-12-13-33(49)45-35(31)50/h6-11,14-15,17-19,31H,4-5,12-13,16,21H2,1-3H3,(H,43,48)(H,42,44,46)(H,45,49,50). The number of halogens is 1. The van der Waals surface area contributed by atoms with Gasteiger partial charge in [0.2, 0.25) is 33.7 Å². The van der Waals surface area contributed by atoms with Gasteiger partial charge in [0.1, 0.15) is 24.5 Å². The molecule has 1 fully saturated rings. The molecule has 3 N–H and O–H groups in total. The molecule has 0 aliphatic carbocycles. The Hall–Kier alpha value is -6.38. The van der Waals surface area contributed by atoms with E-state index in [0.717, 1.165) is 22.3 Å². The number of anilines is 2. The highest BCUT2D eigenvalue weighted by Crippen LogP contribution is 2.39. The molecule has 2 aliphatic rings. The quantitative estimate of drug-likeness (QED) is 0.118. The van der Waals surface area contributed by atoms with Crippen LogP contribution >= 0.6 is 11.6 Å². The number of hydrogen-bond donors (Lipinski definition) is 3. The summed E-state index contributed by atoms with van der Waals surface area (Å²) in [4.78, 5) is 71.6. The van der Waals surface area contributed by atoms with Crippen molar-refractivity contribution in [1.82, 2.24) is 20.2 Å². The molecule has 4 aromatic rings. The molecule has 1 saturated heterocycles. The lowest BCUT2D eigenvalue weighted by molar-refractivity contribution is -0.136. The van der Waals surface area contributed by atoms with Gasteiger partial charge < -0.3 is 14.8 Å². The largest absolute Gasteiger partial charge is 0.491 e. The van der Waals surface area contributed by atoms with Crippen LogP contribution in [0.15, 0.2) is 66.9 Å². The molecular weight excluding hydrogens is 778 g/mol. The van der Waals surface area contributed by atoms with Crippen molar-refractivity contribution in [2.45, 2.75) is 57.6 Å². The Morgan fingerprint density at radius 1 is 1.02 bits per heavy atom. The average Bonchev–Trinajstić information content (AvgIpc) is 3.40. The van der Waals surface area contributed by atoms with Crippen LogP contribution in [-0.4, -0.2) is 71.7 Å². The van der Waals surface area contributed by atoms with Crippen molar-refractivity contribution < 1.29 is 41.9 Å². The summed E-state index contributed by atoms with van der Waals surface area (Å²) in [6.07, 6.45) is 2.76. The van der Waals surface area contributed by atoms with Gasteiger partial charge in [0.15, 0.2) is 5.75 Å². The van der Waals surface area contributed by atoms with E-state index in [1.54, 1.807) is 30.3 Å². The number of amides is 5. The van der Waals surface area contributed by atoms with Gasteiger partial charge >= 0.3 is 0 Å². The highest BCUT2D eigenvalue weighted by Gasteiger charge is 2.44. The molecular formula is C39H36ClN7O9S. The molecule has 2 aliphatic heterocycles. The van der Waals surface area contributed by atoms with E-state index in [1.807, 2.05) is 26.0 Å². The summed E-state index contributed by atoms with van der Waals surface area (Å²) in [5.74, 6) is -2.21. The Bertz CT molecular complexity index is 2450. The minimum atomic E-state index is -3.53. The van der Waals surface area contributed by atoms with Gasteiger partial charge in [0, 0.05) is 30.1 Å². The van der Waals surface area contributed by atoms with Gasteiger partial charge in [-0.15, -0.1) is 0 Å². The van der Waals surface area contributed by atoms with Crippen molar-refractivity contribution in [2.75, 3.05) is 22.9 Å². The van der Waals surface area contributed by atoms with E-state index in [9.17, 15) is 37.7 Å². The molecule has 0 saturated carbocycles. The van der Waals surface area contributed by atoms with Crippen LogP contribution in [0, 0.1) is 11.3 Å². The van der Waals surface area contributed by atoms with Gasteiger partial charge in [-0.05, 0) is 72.5 Å². The van der Waals surface area contributed by atoms with Gasteiger partial charge in [0.05, 0.1) is 40.3 Å². The Morgan fingerprint density at radius 2 is 1.75 bits per heavy atom. The predicted octanol–water partition coefficient (Wildman–Crippen LogP) is 4.48. The van der Waals surface area contributed by atoms with Crippen LogP contribution in [0.1, 0.15) is 82.6 Å². The van der Waals surface area contributed by atoms with E-state index in [4.69, 9.17) is 21.1 Å². The normalized spacial score (nSPS) is 15.4. The number of nitrogens with one attached hydrogen (secondary N) is 3. The third-order valence-corrected chi connectivity index (χ3v) is 10.2. The summed E-state index contributed by atoms with van der Waals surface area (Å²) in [5, 5.41) is 15.1. The van der Waals surface area contributed by atoms with Crippen molar-refractivity contribution in [1.29, 1.82) is 5.26 Å². The first-order valence-corrected chi connectivity index (χ1v) is 19.9. The van der Waals surface area contributed by atoms with E-state index in [1.165, 1.54) is 24.4 Å². The number of imide groups is 2. The number of piperidine rings is 1. The minimum Gasteiger partial charge on any atom is -0.491 e. The molecule has 16 nitrogen and oxygen atoms in total. The Morgan fingerprint density at radius 3 is 2.46 bits per heavy atom. The van der Waals surface area contributed by atoms with Crippen molar-refractivity contribution in [3.8, 4) is 17.6 Å². The zero-order valence-electron chi connectivity index (χ0n) is 30.9. The first kappa shape index (κ1) is 40.3. The summed E-state index contributed by atoms with van der Waals surface area (Å²) >= 11 is 6.65. The average molecular weight is 814 g/mol. The molecule has 18 heteroatoms. The maximum absolute atomic E-state index is 13.1. The van der Waals surface area contributed by atoms with Crippen LogP contribution in [0.4, 0.5) is 11.6 Å². The number of fused-ring (bicyclic) bond motifs is 1. The fraction of sp³-hybridized carbons (Fsp3) is 0.282. The van der Waals surface area contributed by atoms with Gasteiger partial charge in [-0.1, -0.05) is 37.6 Å². The summed E-state index contributed by atoms with van der Waals surface area (Å²) in [5.41, 5.74) is 2.17. The zero-order chi connectivity index (χ0) is 41.1. The molecule has 0 spiro atoms. The van der Waals surface area contributed by atoms with Gasteiger partial charge in [-0.2, -0.15) is 5.26 Å². The number of carbonyl (C=O) groups excluding carboxylic acids is 5. The summed E-state index contributed by atoms with van der Waals surface area (Å²) in [6, 6.07) is 17.7. The number of hydrogen-bond acceptors (Lipinski definition) is 12. The number of ether oxygens (including phenoxy) is 2. The summed E-state index contributed by atoms with van der Waals surface area (Å²) in [6.45, 7) is 4.10. The third kappa shape index (κ3) is 9.20. The number of sulfonamides is 1. The second kappa shape index (κ2) is 16.4. The van der Waals surface area contributed by atoms with E-state index in [2.05, 4.69) is 31.4 Å². The smallest absolute Gasteiger partial charge is 0.262 e. The molecule has 1 atom stereocenters. The van der Waals surface area contributed by atoms with Gasteiger partial charge in [-0.3, -0.25) is 38.9 Å². The second-order valence-corrected chi connectivity index (χ2v) is 16.0. The number of carbonyl (C=O) groups is 5. The van der Waals surface area contributed by atoms with Crippen molar-refractivity contribution in [3.63, 3.8) is 0 Å². The second-order valence-electron chi connectivity index (χ2n) is 13.8. The Kier molecular flexibility index (Phi) is 11.6. The maximum atomic E-state index is 13.1. The molecule has 5 amide bonds. The van der Waals surface area contributed by atoms with E-state index < -0.39 is 45.1 Å². The molecule has 0 radical (unpaired) electrons. The van der Waals surface area contributed by atoms with Crippen molar-refractivity contribution in [3.05, 3.63) is 105 Å². The Balaban J connectivity index is 1.02. The SMILES string of the molecule is CC(C)(c1ccc(OCc2ccnc(NS(C)(=O)=O)n2)cc1)c1cc(Cl)c(OCCCC(=O)Nc2ccc3c(c2)C(=O)N(C2CCC(=O)NC2=O)C3=O)c(C#N)c1. The minimum absolute atomic E-state index is 0.00344. The number of benzene rings is 3. The summed E-state index contributed by atoms with van der Waals surface area (Å²) < 4.78 is 36.9. The zero-order valence-corrected chi connectivity index (χ0v) is 32.5. The monoisotopic (exact) mass is 813 g/mol. The molecule has 57 heavy (non-hydrogen) atoms. The van der Waals surface area contributed by atoms with E-state index in [-0.39, 0.29) is 83.9 Å². The molecule has 0 bridgehead atoms. The fourth-order valence-corrected chi connectivity index (χ4v) is 7.05. The first-order chi connectivity index (χ1) is 27.0. The molecule has 1 aromatic heterocycles. The topological polar surface area (TPSA) is 227 Å². The van der Waals surface area contributed by atoms with Crippen LogP contribution in [0.2, 0.25) is 5.02 Å². The highest BCUT2D eigenvalue weighted by atomic mass is 35.5. The maximum Gasteiger partial charge on any atom is 0.262 e. The lowest BCUT2D eigenvalue weighted by Crippen LogP contribution is -2.54.